The molecule has 0 aromatic rings. The average molecular weight is 292 g/mol. The van der Waals surface area contributed by atoms with Crippen molar-refractivity contribution in [1.29, 1.82) is 0 Å². The molecule has 0 aromatic heterocycles. The van der Waals surface area contributed by atoms with Crippen LogP contribution in [0.25, 0.3) is 0 Å². The molecule has 3 heterocycles. The summed E-state index contributed by atoms with van der Waals surface area (Å²) in [6, 6.07) is 0. The van der Waals surface area contributed by atoms with Crippen LogP contribution in [0.15, 0.2) is 0 Å². The minimum Gasteiger partial charge on any atom is -0.370 e. The Morgan fingerprint density at radius 3 is 2.67 bits per heavy atom. The zero-order valence-electron chi connectivity index (χ0n) is 13.9. The normalized spacial score (nSPS) is 41.7. The van der Waals surface area contributed by atoms with Gasteiger partial charge in [0.25, 0.3) is 0 Å². The minimum atomic E-state index is 0.282. The van der Waals surface area contributed by atoms with Gasteiger partial charge in [-0.1, -0.05) is 19.3 Å². The fourth-order valence-corrected chi connectivity index (χ4v) is 5.65. The summed E-state index contributed by atoms with van der Waals surface area (Å²) in [5.41, 5.74) is 0.629. The van der Waals surface area contributed by atoms with Gasteiger partial charge in [0.05, 0.1) is 11.7 Å². The van der Waals surface area contributed by atoms with Crippen molar-refractivity contribution in [1.82, 2.24) is 10.2 Å². The summed E-state index contributed by atoms with van der Waals surface area (Å²) in [6.45, 7) is 9.79. The Morgan fingerprint density at radius 1 is 1.10 bits per heavy atom. The Morgan fingerprint density at radius 2 is 1.90 bits per heavy atom. The van der Waals surface area contributed by atoms with Crippen LogP contribution in [0.2, 0.25) is 0 Å². The lowest BCUT2D eigenvalue weighted by Crippen LogP contribution is -2.47. The molecule has 1 saturated carbocycles. The van der Waals surface area contributed by atoms with E-state index >= 15 is 0 Å². The van der Waals surface area contributed by atoms with Crippen LogP contribution in [0.5, 0.6) is 0 Å². The molecule has 21 heavy (non-hydrogen) atoms. The molecule has 3 unspecified atom stereocenters. The summed E-state index contributed by atoms with van der Waals surface area (Å²) in [5.74, 6) is 1.70. The second-order valence-electron chi connectivity index (χ2n) is 8.61. The third-order valence-corrected chi connectivity index (χ3v) is 7.04. The molecule has 3 aliphatic heterocycles. The zero-order chi connectivity index (χ0) is 14.5. The molecule has 0 bridgehead atoms. The Balaban J connectivity index is 1.39. The van der Waals surface area contributed by atoms with Crippen LogP contribution >= 0.6 is 0 Å². The monoisotopic (exact) mass is 292 g/mol. The highest BCUT2D eigenvalue weighted by Gasteiger charge is 2.51. The molecular formula is C18H32N2O. The highest BCUT2D eigenvalue weighted by molar-refractivity contribution is 5.05. The lowest BCUT2D eigenvalue weighted by molar-refractivity contribution is -0.0771. The van der Waals surface area contributed by atoms with Gasteiger partial charge in [-0.15, -0.1) is 0 Å². The quantitative estimate of drug-likeness (QED) is 0.847. The van der Waals surface area contributed by atoms with Gasteiger partial charge in [0, 0.05) is 25.2 Å². The third kappa shape index (κ3) is 2.46. The van der Waals surface area contributed by atoms with Crippen LogP contribution in [0.3, 0.4) is 0 Å². The molecule has 4 aliphatic rings. The molecular weight excluding hydrogens is 260 g/mol. The lowest BCUT2D eigenvalue weighted by atomic mass is 9.83. The van der Waals surface area contributed by atoms with E-state index in [1.165, 1.54) is 71.1 Å². The van der Waals surface area contributed by atoms with E-state index in [1.54, 1.807) is 0 Å². The number of likely N-dealkylation sites (tertiary alicyclic amines) is 1. The second kappa shape index (κ2) is 5.21. The molecule has 120 valence electrons. The summed E-state index contributed by atoms with van der Waals surface area (Å²) < 4.78 is 6.61. The molecule has 3 nitrogen and oxygen atoms in total. The molecule has 4 fully saturated rings. The summed E-state index contributed by atoms with van der Waals surface area (Å²) in [4.78, 5) is 2.75. The van der Waals surface area contributed by atoms with E-state index in [-0.39, 0.29) is 5.60 Å². The molecule has 0 amide bonds. The first-order valence-corrected chi connectivity index (χ1v) is 9.23. The van der Waals surface area contributed by atoms with E-state index in [4.69, 9.17) is 4.74 Å². The molecule has 3 saturated heterocycles. The second-order valence-corrected chi connectivity index (χ2v) is 8.61. The number of ether oxygens (including phenoxy) is 1. The first kappa shape index (κ1) is 14.5. The standard InChI is InChI=1S/C18H32N2O/c1-17(2)16-11-19-10-14(16)12-20(17)13-15-6-9-18(21-15)7-4-3-5-8-18/h14-16,19H,3-13H2,1-2H3. The largest absolute Gasteiger partial charge is 0.370 e. The Labute approximate surface area is 129 Å². The van der Waals surface area contributed by atoms with Crippen LogP contribution in [0.4, 0.5) is 0 Å². The van der Waals surface area contributed by atoms with Crippen LogP contribution < -0.4 is 5.32 Å². The van der Waals surface area contributed by atoms with Crippen LogP contribution in [-0.2, 0) is 4.74 Å². The summed E-state index contributed by atoms with van der Waals surface area (Å²) >= 11 is 0. The molecule has 0 aromatic carbocycles. The number of nitrogens with one attached hydrogen (secondary N) is 1. The van der Waals surface area contributed by atoms with Crippen molar-refractivity contribution in [2.24, 2.45) is 11.8 Å². The number of hydrogen-bond donors (Lipinski definition) is 1. The van der Waals surface area contributed by atoms with E-state index in [9.17, 15) is 0 Å². The van der Waals surface area contributed by atoms with Gasteiger partial charge < -0.3 is 10.1 Å². The van der Waals surface area contributed by atoms with E-state index in [2.05, 4.69) is 24.1 Å². The number of rotatable bonds is 2. The van der Waals surface area contributed by atoms with Crippen LogP contribution in [-0.4, -0.2) is 48.3 Å². The lowest BCUT2D eigenvalue weighted by Gasteiger charge is -2.38. The average Bonchev–Trinajstić information content (AvgIpc) is 3.12. The fourth-order valence-electron chi connectivity index (χ4n) is 5.65. The molecule has 3 atom stereocenters. The molecule has 3 heteroatoms. The maximum Gasteiger partial charge on any atom is 0.0710 e. The Kier molecular flexibility index (Phi) is 3.59. The van der Waals surface area contributed by atoms with Gasteiger partial charge in [-0.3, -0.25) is 4.90 Å². The minimum absolute atomic E-state index is 0.282. The highest BCUT2D eigenvalue weighted by Crippen LogP contribution is 2.45. The molecule has 1 N–H and O–H groups in total. The van der Waals surface area contributed by atoms with Crippen molar-refractivity contribution < 1.29 is 4.74 Å². The van der Waals surface area contributed by atoms with E-state index in [0.29, 0.717) is 11.6 Å². The topological polar surface area (TPSA) is 24.5 Å². The third-order valence-electron chi connectivity index (χ3n) is 7.04. The number of fused-ring (bicyclic) bond motifs is 1. The van der Waals surface area contributed by atoms with Crippen molar-refractivity contribution in [3.8, 4) is 0 Å². The highest BCUT2D eigenvalue weighted by atomic mass is 16.5. The van der Waals surface area contributed by atoms with Crippen molar-refractivity contribution >= 4 is 0 Å². The van der Waals surface area contributed by atoms with Gasteiger partial charge in [-0.2, -0.15) is 0 Å². The molecule has 4 rings (SSSR count). The zero-order valence-corrected chi connectivity index (χ0v) is 13.9. The first-order valence-electron chi connectivity index (χ1n) is 9.23. The first-order chi connectivity index (χ1) is 10.1. The van der Waals surface area contributed by atoms with Gasteiger partial charge in [0.15, 0.2) is 0 Å². The van der Waals surface area contributed by atoms with Gasteiger partial charge in [0.2, 0.25) is 0 Å². The smallest absolute Gasteiger partial charge is 0.0710 e. The van der Waals surface area contributed by atoms with Crippen molar-refractivity contribution in [3.05, 3.63) is 0 Å². The van der Waals surface area contributed by atoms with Crippen LogP contribution in [0.1, 0.15) is 58.8 Å². The molecule has 0 radical (unpaired) electrons. The predicted octanol–water partition coefficient (Wildman–Crippen LogP) is 2.80. The van der Waals surface area contributed by atoms with Gasteiger partial charge in [0.1, 0.15) is 0 Å². The van der Waals surface area contributed by atoms with E-state index < -0.39 is 0 Å². The van der Waals surface area contributed by atoms with Gasteiger partial charge >= 0.3 is 0 Å². The molecule has 1 spiro atoms. The maximum atomic E-state index is 6.61. The van der Waals surface area contributed by atoms with E-state index in [1.807, 2.05) is 0 Å². The van der Waals surface area contributed by atoms with Crippen LogP contribution in [0, 0.1) is 11.8 Å². The number of hydrogen-bond acceptors (Lipinski definition) is 3. The number of nitrogens with zero attached hydrogens (tertiary/aromatic N) is 1. The fraction of sp³-hybridized carbons (Fsp3) is 1.00. The van der Waals surface area contributed by atoms with Crippen molar-refractivity contribution in [2.45, 2.75) is 76.0 Å². The predicted molar refractivity (Wildman–Crippen MR) is 85.4 cm³/mol. The van der Waals surface area contributed by atoms with E-state index in [0.717, 1.165) is 11.8 Å². The Hall–Kier alpha value is -0.120. The summed E-state index contributed by atoms with van der Waals surface area (Å²) in [7, 11) is 0. The van der Waals surface area contributed by atoms with Gasteiger partial charge in [-0.25, -0.2) is 0 Å². The van der Waals surface area contributed by atoms with Gasteiger partial charge in [-0.05, 0) is 57.9 Å². The molecule has 1 aliphatic carbocycles. The summed E-state index contributed by atoms with van der Waals surface area (Å²) in [5, 5.41) is 3.58. The SMILES string of the molecule is CC1(C)C2CNCC2CN1CC1CCC2(CCCCC2)O1. The Bertz CT molecular complexity index is 389. The summed E-state index contributed by atoms with van der Waals surface area (Å²) in [6.07, 6.45) is 9.94. The van der Waals surface area contributed by atoms with Crippen molar-refractivity contribution in [2.75, 3.05) is 26.2 Å². The van der Waals surface area contributed by atoms with Crippen molar-refractivity contribution in [3.63, 3.8) is 0 Å². The maximum absolute atomic E-state index is 6.61.